The first-order valence-electron chi connectivity index (χ1n) is 10.9. The molecule has 9 nitrogen and oxygen atoms in total. The van der Waals surface area contributed by atoms with E-state index in [0.717, 1.165) is 23.3 Å². The highest BCUT2D eigenvalue weighted by Crippen LogP contribution is 2.24. The van der Waals surface area contributed by atoms with Crippen LogP contribution in [0.3, 0.4) is 0 Å². The molecule has 5 rings (SSSR count). The molecule has 4 aromatic heterocycles. The number of amides is 1. The van der Waals surface area contributed by atoms with Crippen LogP contribution in [0.2, 0.25) is 0 Å². The van der Waals surface area contributed by atoms with Gasteiger partial charge in [0, 0.05) is 49.3 Å². The SMILES string of the molecule is CC(C)(C)OC(=O)N1CCCN(c2ccc3cc(-c4cn5ccsc5n4)c(=O)oc3n2)CC1. The van der Waals surface area contributed by atoms with Gasteiger partial charge in [0.2, 0.25) is 5.71 Å². The zero-order chi connectivity index (χ0) is 23.2. The fourth-order valence-electron chi connectivity index (χ4n) is 3.86. The largest absolute Gasteiger partial charge is 0.444 e. The van der Waals surface area contributed by atoms with E-state index in [4.69, 9.17) is 9.15 Å². The van der Waals surface area contributed by atoms with Gasteiger partial charge in [0.25, 0.3) is 0 Å². The van der Waals surface area contributed by atoms with Crippen LogP contribution < -0.4 is 10.5 Å². The maximum absolute atomic E-state index is 12.7. The summed E-state index contributed by atoms with van der Waals surface area (Å²) in [6, 6.07) is 5.59. The van der Waals surface area contributed by atoms with Gasteiger partial charge in [-0.2, -0.15) is 4.98 Å². The van der Waals surface area contributed by atoms with Crippen LogP contribution in [0.4, 0.5) is 10.6 Å². The first-order valence-corrected chi connectivity index (χ1v) is 11.8. The topological polar surface area (TPSA) is 93.2 Å². The molecule has 0 bridgehead atoms. The lowest BCUT2D eigenvalue weighted by Gasteiger charge is -2.26. The molecule has 0 aromatic carbocycles. The van der Waals surface area contributed by atoms with Crippen molar-refractivity contribution in [3.63, 3.8) is 0 Å². The van der Waals surface area contributed by atoms with Crippen LogP contribution in [-0.2, 0) is 4.74 Å². The highest BCUT2D eigenvalue weighted by molar-refractivity contribution is 7.15. The quantitative estimate of drug-likeness (QED) is 0.440. The number of pyridine rings is 1. The lowest BCUT2D eigenvalue weighted by Crippen LogP contribution is -2.39. The number of imidazole rings is 1. The lowest BCUT2D eigenvalue weighted by atomic mass is 10.2. The maximum Gasteiger partial charge on any atom is 0.410 e. The molecule has 1 saturated heterocycles. The molecule has 1 aliphatic rings. The Balaban J connectivity index is 1.37. The van der Waals surface area contributed by atoms with Crippen LogP contribution in [0.25, 0.3) is 27.3 Å². The van der Waals surface area contributed by atoms with Crippen LogP contribution in [0.1, 0.15) is 27.2 Å². The van der Waals surface area contributed by atoms with E-state index in [1.165, 1.54) is 11.3 Å². The molecule has 33 heavy (non-hydrogen) atoms. The van der Waals surface area contributed by atoms with Crippen molar-refractivity contribution in [2.75, 3.05) is 31.1 Å². The summed E-state index contributed by atoms with van der Waals surface area (Å²) >= 11 is 1.51. The minimum Gasteiger partial charge on any atom is -0.444 e. The maximum atomic E-state index is 12.7. The summed E-state index contributed by atoms with van der Waals surface area (Å²) in [6.45, 7) is 8.11. The number of hydrogen-bond acceptors (Lipinski definition) is 8. The first-order chi connectivity index (χ1) is 15.8. The normalized spacial score (nSPS) is 15.2. The lowest BCUT2D eigenvalue weighted by molar-refractivity contribution is 0.0263. The predicted octanol–water partition coefficient (Wildman–Crippen LogP) is 4.01. The summed E-state index contributed by atoms with van der Waals surface area (Å²) in [4.78, 5) is 38.9. The third kappa shape index (κ3) is 4.43. The van der Waals surface area contributed by atoms with Gasteiger partial charge in [-0.25, -0.2) is 14.6 Å². The molecule has 0 unspecified atom stereocenters. The Labute approximate surface area is 194 Å². The molecule has 0 radical (unpaired) electrons. The van der Waals surface area contributed by atoms with E-state index >= 15 is 0 Å². The molecule has 0 spiro atoms. The number of thiazole rings is 1. The number of rotatable bonds is 2. The summed E-state index contributed by atoms with van der Waals surface area (Å²) in [6.07, 6.45) is 4.21. The van der Waals surface area contributed by atoms with Crippen LogP contribution >= 0.6 is 11.3 Å². The van der Waals surface area contributed by atoms with Gasteiger partial charge in [0.05, 0.1) is 11.3 Å². The molecule has 1 aliphatic heterocycles. The second-order valence-corrected chi connectivity index (χ2v) is 9.91. The molecule has 0 atom stereocenters. The van der Waals surface area contributed by atoms with Gasteiger partial charge < -0.3 is 19.0 Å². The fraction of sp³-hybridized carbons (Fsp3) is 0.391. The molecular formula is C23H25N5O4S. The molecule has 10 heteroatoms. The number of fused-ring (bicyclic) bond motifs is 2. The zero-order valence-electron chi connectivity index (χ0n) is 18.8. The van der Waals surface area contributed by atoms with Gasteiger partial charge in [-0.05, 0) is 45.4 Å². The summed E-state index contributed by atoms with van der Waals surface area (Å²) < 4.78 is 13.0. The van der Waals surface area contributed by atoms with Crippen LogP contribution in [0.15, 0.2) is 45.2 Å². The van der Waals surface area contributed by atoms with E-state index in [0.29, 0.717) is 36.7 Å². The Morgan fingerprint density at radius 2 is 2.00 bits per heavy atom. The van der Waals surface area contributed by atoms with E-state index in [-0.39, 0.29) is 11.8 Å². The van der Waals surface area contributed by atoms with Gasteiger partial charge in [-0.1, -0.05) is 0 Å². The second-order valence-electron chi connectivity index (χ2n) is 9.04. The monoisotopic (exact) mass is 467 g/mol. The van der Waals surface area contributed by atoms with E-state index in [2.05, 4.69) is 14.9 Å². The van der Waals surface area contributed by atoms with Crippen LogP contribution in [0.5, 0.6) is 0 Å². The van der Waals surface area contributed by atoms with Gasteiger partial charge >= 0.3 is 11.7 Å². The third-order valence-corrected chi connectivity index (χ3v) is 6.20. The van der Waals surface area contributed by atoms with Crippen molar-refractivity contribution in [3.8, 4) is 11.3 Å². The summed E-state index contributed by atoms with van der Waals surface area (Å²) in [5.41, 5.74) is 0.290. The van der Waals surface area contributed by atoms with E-state index < -0.39 is 11.2 Å². The van der Waals surface area contributed by atoms with E-state index in [1.54, 1.807) is 11.0 Å². The van der Waals surface area contributed by atoms with Gasteiger partial charge in [0.15, 0.2) is 4.96 Å². The Morgan fingerprint density at radius 1 is 1.15 bits per heavy atom. The molecule has 172 valence electrons. The van der Waals surface area contributed by atoms with Crippen molar-refractivity contribution in [3.05, 3.63) is 46.4 Å². The van der Waals surface area contributed by atoms with Gasteiger partial charge in [0.1, 0.15) is 11.4 Å². The Kier molecular flexibility index (Phi) is 5.32. The predicted molar refractivity (Wildman–Crippen MR) is 127 cm³/mol. The standard InChI is InChI=1S/C23H25N5O4S/c1-23(2,3)32-22(30)27-8-4-7-26(9-10-27)18-6-5-15-13-16(20(29)31-19(15)25-18)17-14-28-11-12-33-21(28)24-17/h5-6,11-14H,4,7-10H2,1-3H3. The smallest absolute Gasteiger partial charge is 0.410 e. The number of anilines is 1. The van der Waals surface area contributed by atoms with E-state index in [9.17, 15) is 9.59 Å². The minimum atomic E-state index is -0.522. The molecule has 4 aromatic rings. The van der Waals surface area contributed by atoms with Crippen molar-refractivity contribution < 1.29 is 13.9 Å². The molecule has 0 N–H and O–H groups in total. The van der Waals surface area contributed by atoms with Crippen LogP contribution in [-0.4, -0.2) is 57.1 Å². The number of carbonyl (C=O) groups is 1. The average molecular weight is 468 g/mol. The average Bonchev–Trinajstić information content (AvgIpc) is 3.25. The Hall–Kier alpha value is -3.40. The van der Waals surface area contributed by atoms with Crippen LogP contribution in [0, 0.1) is 0 Å². The zero-order valence-corrected chi connectivity index (χ0v) is 19.6. The molecule has 5 heterocycles. The number of aromatic nitrogens is 3. The van der Waals surface area contributed by atoms with E-state index in [1.807, 2.05) is 55.1 Å². The Morgan fingerprint density at radius 3 is 2.79 bits per heavy atom. The molecule has 1 fully saturated rings. The Bertz CT molecular complexity index is 1350. The second kappa shape index (κ2) is 8.18. The highest BCUT2D eigenvalue weighted by Gasteiger charge is 2.25. The molecule has 1 amide bonds. The number of nitrogens with zero attached hydrogens (tertiary/aromatic N) is 5. The van der Waals surface area contributed by atoms with Gasteiger partial charge in [-0.3, -0.25) is 4.40 Å². The molecule has 0 saturated carbocycles. The summed E-state index contributed by atoms with van der Waals surface area (Å²) in [7, 11) is 0. The van der Waals surface area contributed by atoms with Crippen molar-refractivity contribution in [2.24, 2.45) is 0 Å². The van der Waals surface area contributed by atoms with Gasteiger partial charge in [-0.15, -0.1) is 11.3 Å². The van der Waals surface area contributed by atoms with Crippen molar-refractivity contribution >= 4 is 39.3 Å². The molecular weight excluding hydrogens is 442 g/mol. The minimum absolute atomic E-state index is 0.288. The third-order valence-electron chi connectivity index (χ3n) is 5.42. The van der Waals surface area contributed by atoms with Crippen molar-refractivity contribution in [2.45, 2.75) is 32.8 Å². The molecule has 0 aliphatic carbocycles. The number of carbonyl (C=O) groups excluding carboxylic acids is 1. The number of hydrogen-bond donors (Lipinski definition) is 0. The van der Waals surface area contributed by atoms with Crippen molar-refractivity contribution in [1.29, 1.82) is 0 Å². The van der Waals surface area contributed by atoms with Crippen molar-refractivity contribution in [1.82, 2.24) is 19.3 Å². The summed E-state index contributed by atoms with van der Waals surface area (Å²) in [5.74, 6) is 0.715. The summed E-state index contributed by atoms with van der Waals surface area (Å²) in [5, 5.41) is 2.67. The highest BCUT2D eigenvalue weighted by atomic mass is 32.1. The first kappa shape index (κ1) is 21.4. The number of ether oxygens (including phenoxy) is 1. The fourth-order valence-corrected chi connectivity index (χ4v) is 4.56.